The Balaban J connectivity index is 0.00000256. The largest absolute Gasteiger partial charge is 2.00 e. The maximum absolute atomic E-state index is 14.2. The van der Waals surface area contributed by atoms with Crippen molar-refractivity contribution in [1.29, 1.82) is 0 Å². The molecular weight excluding hydrogens is 565 g/mol. The van der Waals surface area contributed by atoms with Crippen LogP contribution >= 0.6 is 0 Å². The maximum Gasteiger partial charge on any atom is 2.00 e. The number of benzene rings is 1. The van der Waals surface area contributed by atoms with E-state index in [1.54, 1.807) is 18.3 Å². The van der Waals surface area contributed by atoms with Gasteiger partial charge in [0.15, 0.2) is 0 Å². The van der Waals surface area contributed by atoms with Crippen molar-refractivity contribution in [3.8, 4) is 22.5 Å². The molecule has 4 aromatic rings. The Bertz CT molecular complexity index is 1170. The second-order valence-corrected chi connectivity index (χ2v) is 7.03. The third-order valence-electron chi connectivity index (χ3n) is 4.68. The fourth-order valence-corrected chi connectivity index (χ4v) is 3.02. The predicted molar refractivity (Wildman–Crippen MR) is 105 cm³/mol. The summed E-state index contributed by atoms with van der Waals surface area (Å²) in [5.74, 6) is -1.38. The van der Waals surface area contributed by atoms with Crippen molar-refractivity contribution >= 4 is 0 Å². The van der Waals surface area contributed by atoms with Crippen LogP contribution < -0.4 is 0 Å². The van der Waals surface area contributed by atoms with E-state index in [0.717, 1.165) is 17.8 Å². The molecule has 152 valence electrons. The van der Waals surface area contributed by atoms with Crippen molar-refractivity contribution in [1.82, 2.24) is 19.9 Å². The van der Waals surface area contributed by atoms with Gasteiger partial charge in [0.1, 0.15) is 0 Å². The Morgan fingerprint density at radius 1 is 0.933 bits per heavy atom. The molecule has 0 fully saturated rings. The third kappa shape index (κ3) is 4.34. The van der Waals surface area contributed by atoms with Crippen molar-refractivity contribution in [3.63, 3.8) is 0 Å². The predicted octanol–water partition coefficient (Wildman–Crippen LogP) is 4.80. The van der Waals surface area contributed by atoms with Crippen molar-refractivity contribution in [2.24, 2.45) is 0 Å². The molecule has 0 amide bonds. The van der Waals surface area contributed by atoms with Crippen LogP contribution in [0.4, 0.5) is 8.78 Å². The standard InChI is InChI=1S/C23H16F2N4.Pt/c1-23(2,21-7-3-5-19(28-21)15-12-26-14-27-13-15)22-8-4-6-20(29-22)17-10-9-16(24)11-18(17)25;/h3-9,11-12,14H,1-2H3;/q-2;+2. The van der Waals surface area contributed by atoms with Crippen LogP contribution in [0, 0.1) is 23.9 Å². The van der Waals surface area contributed by atoms with Gasteiger partial charge in [-0.25, -0.2) is 0 Å². The van der Waals surface area contributed by atoms with Gasteiger partial charge in [0, 0.05) is 34.8 Å². The van der Waals surface area contributed by atoms with E-state index in [2.05, 4.69) is 27.2 Å². The van der Waals surface area contributed by atoms with Crippen LogP contribution in [0.1, 0.15) is 25.2 Å². The molecule has 0 aliphatic rings. The van der Waals surface area contributed by atoms with Crippen molar-refractivity contribution in [2.45, 2.75) is 19.3 Å². The molecule has 0 N–H and O–H groups in total. The zero-order valence-corrected chi connectivity index (χ0v) is 18.4. The molecule has 0 aliphatic heterocycles. The Morgan fingerprint density at radius 2 is 1.60 bits per heavy atom. The summed E-state index contributed by atoms with van der Waals surface area (Å²) in [5.41, 5.74) is 2.81. The van der Waals surface area contributed by atoms with E-state index in [1.165, 1.54) is 6.33 Å². The van der Waals surface area contributed by atoms with E-state index in [0.29, 0.717) is 22.6 Å². The van der Waals surface area contributed by atoms with Crippen molar-refractivity contribution < 1.29 is 29.8 Å². The number of hydrogen-bond acceptors (Lipinski definition) is 4. The topological polar surface area (TPSA) is 51.6 Å². The molecule has 0 atom stereocenters. The first-order valence-electron chi connectivity index (χ1n) is 8.95. The minimum absolute atomic E-state index is 0. The first-order chi connectivity index (χ1) is 13.9. The molecule has 0 radical (unpaired) electrons. The van der Waals surface area contributed by atoms with Gasteiger partial charge >= 0.3 is 21.1 Å². The Hall–Kier alpha value is -2.85. The SMILES string of the molecule is CC(C)(c1cccc(-c2[c-]ncnc2)n1)c1cccc(-c2[c-]cc(F)cc2F)n1.[Pt+2]. The number of pyridine rings is 2. The molecule has 3 heterocycles. The Labute approximate surface area is 187 Å². The molecule has 1 aromatic carbocycles. The van der Waals surface area contributed by atoms with Gasteiger partial charge in [0.2, 0.25) is 0 Å². The summed E-state index contributed by atoms with van der Waals surface area (Å²) in [6, 6.07) is 15.5. The van der Waals surface area contributed by atoms with E-state index >= 15 is 0 Å². The quantitative estimate of drug-likeness (QED) is 0.325. The summed E-state index contributed by atoms with van der Waals surface area (Å²) in [5, 5.41) is 0. The molecule has 0 bridgehead atoms. The van der Waals surface area contributed by atoms with Crippen LogP contribution in [-0.2, 0) is 26.5 Å². The fraction of sp³-hybridized carbons (Fsp3) is 0.130. The number of aromatic nitrogens is 4. The van der Waals surface area contributed by atoms with Crippen LogP contribution in [0.15, 0.2) is 61.1 Å². The third-order valence-corrected chi connectivity index (χ3v) is 4.68. The zero-order valence-electron chi connectivity index (χ0n) is 16.1. The second kappa shape index (κ2) is 8.88. The second-order valence-electron chi connectivity index (χ2n) is 7.03. The van der Waals surface area contributed by atoms with Crippen LogP contribution in [0.2, 0.25) is 0 Å². The van der Waals surface area contributed by atoms with E-state index in [4.69, 9.17) is 4.98 Å². The van der Waals surface area contributed by atoms with Gasteiger partial charge in [-0.1, -0.05) is 47.7 Å². The Kier molecular flexibility index (Phi) is 6.47. The van der Waals surface area contributed by atoms with Crippen LogP contribution in [-0.4, -0.2) is 19.9 Å². The average Bonchev–Trinajstić information content (AvgIpc) is 2.74. The molecule has 4 rings (SSSR count). The molecule has 3 aromatic heterocycles. The zero-order chi connectivity index (χ0) is 20.4. The van der Waals surface area contributed by atoms with Crippen LogP contribution in [0.5, 0.6) is 0 Å². The van der Waals surface area contributed by atoms with Gasteiger partial charge in [-0.15, -0.1) is 12.1 Å². The first kappa shape index (κ1) is 21.8. The molecule has 7 heteroatoms. The number of nitrogens with zero attached hydrogens (tertiary/aromatic N) is 4. The van der Waals surface area contributed by atoms with Crippen LogP contribution in [0.3, 0.4) is 0 Å². The number of hydrogen-bond donors (Lipinski definition) is 0. The van der Waals surface area contributed by atoms with E-state index in [1.807, 2.05) is 38.1 Å². The minimum atomic E-state index is -0.702. The summed E-state index contributed by atoms with van der Waals surface area (Å²) in [6.45, 7) is 3.97. The van der Waals surface area contributed by atoms with Gasteiger partial charge < -0.3 is 19.9 Å². The van der Waals surface area contributed by atoms with Crippen LogP contribution in [0.25, 0.3) is 22.5 Å². The summed E-state index contributed by atoms with van der Waals surface area (Å²) >= 11 is 0. The molecule has 30 heavy (non-hydrogen) atoms. The maximum atomic E-state index is 14.2. The summed E-state index contributed by atoms with van der Waals surface area (Å²) in [6.07, 6.45) is 5.94. The first-order valence-corrected chi connectivity index (χ1v) is 8.95. The number of rotatable bonds is 4. The molecule has 0 spiro atoms. The number of halogens is 2. The van der Waals surface area contributed by atoms with Crippen molar-refractivity contribution in [2.75, 3.05) is 0 Å². The molecule has 4 nitrogen and oxygen atoms in total. The van der Waals surface area contributed by atoms with E-state index < -0.39 is 17.0 Å². The normalized spacial score (nSPS) is 11.1. The molecule has 0 saturated heterocycles. The van der Waals surface area contributed by atoms with E-state index in [9.17, 15) is 8.78 Å². The average molecular weight is 581 g/mol. The van der Waals surface area contributed by atoms with Crippen molar-refractivity contribution in [3.05, 3.63) is 96.3 Å². The molecule has 0 aliphatic carbocycles. The van der Waals surface area contributed by atoms with Gasteiger partial charge in [0.25, 0.3) is 0 Å². The summed E-state index contributed by atoms with van der Waals surface area (Å²) in [4.78, 5) is 17.3. The monoisotopic (exact) mass is 581 g/mol. The van der Waals surface area contributed by atoms with Gasteiger partial charge in [-0.3, -0.25) is 8.78 Å². The van der Waals surface area contributed by atoms with Gasteiger partial charge in [0.05, 0.1) is 0 Å². The molecule has 0 unspecified atom stereocenters. The Morgan fingerprint density at radius 3 is 2.23 bits per heavy atom. The van der Waals surface area contributed by atoms with Gasteiger partial charge in [-0.05, 0) is 43.6 Å². The molecule has 0 saturated carbocycles. The summed E-state index contributed by atoms with van der Waals surface area (Å²) < 4.78 is 27.4. The fourth-order valence-electron chi connectivity index (χ4n) is 3.02. The summed E-state index contributed by atoms with van der Waals surface area (Å²) in [7, 11) is 0. The van der Waals surface area contributed by atoms with Gasteiger partial charge in [-0.2, -0.15) is 0 Å². The minimum Gasteiger partial charge on any atom is -0.341 e. The van der Waals surface area contributed by atoms with E-state index in [-0.39, 0.29) is 26.6 Å². The smallest absolute Gasteiger partial charge is 0.341 e. The molecular formula is C23H16F2N4Pt.